The Morgan fingerprint density at radius 1 is 1.38 bits per heavy atom. The topological polar surface area (TPSA) is 35.9 Å². The summed E-state index contributed by atoms with van der Waals surface area (Å²) >= 11 is 3.41. The number of rotatable bonds is 3. The normalized spacial score (nSPS) is 26.8. The van der Waals surface area contributed by atoms with Crippen LogP contribution in [0.5, 0.6) is 11.5 Å². The lowest BCUT2D eigenvalue weighted by Gasteiger charge is -2.42. The Balaban J connectivity index is 1.75. The van der Waals surface area contributed by atoms with Gasteiger partial charge in [0.15, 0.2) is 11.5 Å². The molecule has 116 valence electrons. The van der Waals surface area contributed by atoms with Crippen LogP contribution in [0.4, 0.5) is 0 Å². The second-order valence-corrected chi connectivity index (χ2v) is 7.05. The minimum absolute atomic E-state index is 0.176. The Hall–Kier alpha value is -0.780. The average Bonchev–Trinajstić information content (AvgIpc) is 2.90. The Kier molecular flexibility index (Phi) is 4.43. The molecule has 2 atom stereocenters. The molecule has 0 aliphatic carbocycles. The highest BCUT2D eigenvalue weighted by molar-refractivity contribution is 9.10. The Labute approximate surface area is 134 Å². The molecule has 21 heavy (non-hydrogen) atoms. The molecule has 3 rings (SSSR count). The minimum atomic E-state index is 0.176. The molecule has 1 N–H and O–H groups in total. The summed E-state index contributed by atoms with van der Waals surface area (Å²) in [5.41, 5.74) is 1.18. The molecular weight excluding hydrogens is 332 g/mol. The highest BCUT2D eigenvalue weighted by atomic mass is 79.9. The Morgan fingerprint density at radius 3 is 2.95 bits per heavy atom. The van der Waals surface area contributed by atoms with Crippen LogP contribution < -0.4 is 4.74 Å². The van der Waals surface area contributed by atoms with Crippen molar-refractivity contribution in [2.75, 3.05) is 26.7 Å². The van der Waals surface area contributed by atoms with E-state index in [0.717, 1.165) is 19.1 Å². The van der Waals surface area contributed by atoms with Crippen molar-refractivity contribution in [3.63, 3.8) is 0 Å². The number of hydrogen-bond acceptors (Lipinski definition) is 4. The SMILES string of the molecule is COc1cc(CN2CC3CCCN3CC2C)cc(Br)c1O. The number of halogens is 1. The van der Waals surface area contributed by atoms with Crippen molar-refractivity contribution in [3.05, 3.63) is 22.2 Å². The standard InChI is InChI=1S/C16H23BrN2O2/c1-11-8-18-5-3-4-13(18)10-19(11)9-12-6-14(17)16(20)15(7-12)21-2/h6-7,11,13,20H,3-5,8-10H2,1-2H3. The smallest absolute Gasteiger partial charge is 0.172 e. The van der Waals surface area contributed by atoms with Crippen molar-refractivity contribution in [2.45, 2.75) is 38.4 Å². The number of hydrogen-bond donors (Lipinski definition) is 1. The second-order valence-electron chi connectivity index (χ2n) is 6.20. The van der Waals surface area contributed by atoms with E-state index in [0.29, 0.717) is 16.3 Å². The van der Waals surface area contributed by atoms with E-state index in [-0.39, 0.29) is 5.75 Å². The number of ether oxygens (including phenoxy) is 1. The molecular formula is C16H23BrN2O2. The first-order valence-electron chi connectivity index (χ1n) is 7.62. The van der Waals surface area contributed by atoms with E-state index >= 15 is 0 Å². The van der Waals surface area contributed by atoms with Gasteiger partial charge < -0.3 is 9.84 Å². The van der Waals surface area contributed by atoms with Gasteiger partial charge in [0, 0.05) is 31.7 Å². The van der Waals surface area contributed by atoms with Crippen molar-refractivity contribution >= 4 is 15.9 Å². The van der Waals surface area contributed by atoms with Crippen molar-refractivity contribution in [3.8, 4) is 11.5 Å². The van der Waals surface area contributed by atoms with Crippen LogP contribution in [-0.4, -0.2) is 53.7 Å². The van der Waals surface area contributed by atoms with Crippen LogP contribution in [0.2, 0.25) is 0 Å². The molecule has 2 heterocycles. The summed E-state index contributed by atoms with van der Waals surface area (Å²) in [4.78, 5) is 5.18. The van der Waals surface area contributed by atoms with Crippen LogP contribution in [0.15, 0.2) is 16.6 Å². The molecule has 5 heteroatoms. The van der Waals surface area contributed by atoms with E-state index in [4.69, 9.17) is 4.74 Å². The molecule has 0 saturated carbocycles. The van der Waals surface area contributed by atoms with Crippen LogP contribution in [0.25, 0.3) is 0 Å². The summed E-state index contributed by atoms with van der Waals surface area (Å²) in [5.74, 6) is 0.710. The van der Waals surface area contributed by atoms with Crippen LogP contribution >= 0.6 is 15.9 Å². The molecule has 2 aliphatic rings. The van der Waals surface area contributed by atoms with Gasteiger partial charge in [0.2, 0.25) is 0 Å². The number of fused-ring (bicyclic) bond motifs is 1. The lowest BCUT2D eigenvalue weighted by atomic mass is 10.1. The van der Waals surface area contributed by atoms with E-state index in [1.165, 1.54) is 31.5 Å². The molecule has 1 aromatic carbocycles. The third kappa shape index (κ3) is 3.05. The predicted octanol–water partition coefficient (Wildman–Crippen LogP) is 2.83. The molecule has 0 radical (unpaired) electrons. The fourth-order valence-corrected chi connectivity index (χ4v) is 4.07. The van der Waals surface area contributed by atoms with Gasteiger partial charge in [-0.15, -0.1) is 0 Å². The third-order valence-electron chi connectivity index (χ3n) is 4.76. The van der Waals surface area contributed by atoms with Gasteiger partial charge in [-0.3, -0.25) is 9.80 Å². The van der Waals surface area contributed by atoms with Crippen molar-refractivity contribution in [1.82, 2.24) is 9.80 Å². The zero-order chi connectivity index (χ0) is 15.0. The third-order valence-corrected chi connectivity index (χ3v) is 5.36. The van der Waals surface area contributed by atoms with Gasteiger partial charge in [0.25, 0.3) is 0 Å². The summed E-state index contributed by atoms with van der Waals surface area (Å²) < 4.78 is 5.94. The maximum atomic E-state index is 9.91. The van der Waals surface area contributed by atoms with Gasteiger partial charge >= 0.3 is 0 Å². The first kappa shape index (κ1) is 15.1. The summed E-state index contributed by atoms with van der Waals surface area (Å²) in [7, 11) is 1.59. The van der Waals surface area contributed by atoms with E-state index in [1.54, 1.807) is 7.11 Å². The van der Waals surface area contributed by atoms with Gasteiger partial charge in [-0.25, -0.2) is 0 Å². The van der Waals surface area contributed by atoms with Crippen molar-refractivity contribution in [2.24, 2.45) is 0 Å². The Morgan fingerprint density at radius 2 is 2.19 bits per heavy atom. The molecule has 4 nitrogen and oxygen atoms in total. The highest BCUT2D eigenvalue weighted by Gasteiger charge is 2.34. The van der Waals surface area contributed by atoms with Crippen LogP contribution in [0, 0.1) is 0 Å². The number of benzene rings is 1. The van der Waals surface area contributed by atoms with Crippen LogP contribution in [0.3, 0.4) is 0 Å². The fraction of sp³-hybridized carbons (Fsp3) is 0.625. The summed E-state index contributed by atoms with van der Waals surface area (Å²) in [6.45, 7) is 6.78. The average molecular weight is 355 g/mol. The first-order chi connectivity index (χ1) is 10.1. The molecule has 2 aliphatic heterocycles. The number of methoxy groups -OCH3 is 1. The number of piperazine rings is 1. The summed E-state index contributed by atoms with van der Waals surface area (Å²) in [5, 5.41) is 9.91. The van der Waals surface area contributed by atoms with E-state index in [1.807, 2.05) is 12.1 Å². The highest BCUT2D eigenvalue weighted by Crippen LogP contribution is 2.36. The van der Waals surface area contributed by atoms with Gasteiger partial charge in [-0.1, -0.05) is 0 Å². The van der Waals surface area contributed by atoms with Crippen LogP contribution in [0.1, 0.15) is 25.3 Å². The second kappa shape index (κ2) is 6.15. The minimum Gasteiger partial charge on any atom is -0.503 e. The Bertz CT molecular complexity index is 523. The molecule has 0 spiro atoms. The lowest BCUT2D eigenvalue weighted by Crippen LogP contribution is -2.54. The molecule has 2 saturated heterocycles. The summed E-state index contributed by atoms with van der Waals surface area (Å²) in [6, 6.07) is 5.22. The molecule has 0 amide bonds. The largest absolute Gasteiger partial charge is 0.503 e. The van der Waals surface area contributed by atoms with E-state index in [9.17, 15) is 5.11 Å². The van der Waals surface area contributed by atoms with E-state index < -0.39 is 0 Å². The molecule has 1 aromatic rings. The van der Waals surface area contributed by atoms with Gasteiger partial charge in [0.1, 0.15) is 0 Å². The quantitative estimate of drug-likeness (QED) is 0.905. The van der Waals surface area contributed by atoms with Crippen LogP contribution in [-0.2, 0) is 6.54 Å². The fourth-order valence-electron chi connectivity index (χ4n) is 3.58. The number of aromatic hydroxyl groups is 1. The molecule has 0 aromatic heterocycles. The van der Waals surface area contributed by atoms with Crippen molar-refractivity contribution < 1.29 is 9.84 Å². The maximum Gasteiger partial charge on any atom is 0.172 e. The lowest BCUT2D eigenvalue weighted by molar-refractivity contribution is 0.0540. The van der Waals surface area contributed by atoms with E-state index in [2.05, 4.69) is 32.7 Å². The zero-order valence-electron chi connectivity index (χ0n) is 12.7. The number of phenols is 1. The molecule has 2 unspecified atom stereocenters. The van der Waals surface area contributed by atoms with Gasteiger partial charge in [-0.05, 0) is 59.9 Å². The monoisotopic (exact) mass is 354 g/mol. The van der Waals surface area contributed by atoms with Gasteiger partial charge in [0.05, 0.1) is 11.6 Å². The summed E-state index contributed by atoms with van der Waals surface area (Å²) in [6.07, 6.45) is 2.66. The maximum absolute atomic E-state index is 9.91. The molecule has 2 fully saturated rings. The number of nitrogens with zero attached hydrogens (tertiary/aromatic N) is 2. The zero-order valence-corrected chi connectivity index (χ0v) is 14.3. The first-order valence-corrected chi connectivity index (χ1v) is 8.41. The van der Waals surface area contributed by atoms with Crippen molar-refractivity contribution in [1.29, 1.82) is 0 Å². The molecule has 0 bridgehead atoms. The number of phenolic OH excluding ortho intramolecular Hbond substituents is 1. The predicted molar refractivity (Wildman–Crippen MR) is 86.8 cm³/mol. The van der Waals surface area contributed by atoms with Gasteiger partial charge in [-0.2, -0.15) is 0 Å².